The smallest absolute Gasteiger partial charge is 0.119 e. The van der Waals surface area contributed by atoms with Crippen LogP contribution in [-0.4, -0.2) is 16.8 Å². The summed E-state index contributed by atoms with van der Waals surface area (Å²) in [6, 6.07) is 8.09. The van der Waals surface area contributed by atoms with E-state index in [-0.39, 0.29) is 0 Å². The van der Waals surface area contributed by atoms with E-state index in [0.29, 0.717) is 6.61 Å². The molecular weight excluding hydrogens is 214 g/mol. The number of H-pyrrole nitrogens is 1. The van der Waals surface area contributed by atoms with E-state index >= 15 is 0 Å². The largest absolute Gasteiger partial charge is 0.494 e. The fourth-order valence-corrected chi connectivity index (χ4v) is 2.16. The number of nitrogens with one attached hydrogen (secondary N) is 2. The lowest BCUT2D eigenvalue weighted by atomic mass is 10.1. The van der Waals surface area contributed by atoms with Crippen molar-refractivity contribution in [2.75, 3.05) is 6.61 Å². The predicted octanol–water partition coefficient (Wildman–Crippen LogP) is 2.08. The molecule has 0 atom stereocenters. The van der Waals surface area contributed by atoms with E-state index in [1.165, 1.54) is 11.3 Å². The van der Waals surface area contributed by atoms with Crippen molar-refractivity contribution in [1.82, 2.24) is 15.5 Å². The number of nitrogens with zero attached hydrogens (tertiary/aromatic N) is 1. The molecule has 1 aliphatic rings. The average Bonchev–Trinajstić information content (AvgIpc) is 2.93. The SMILES string of the molecule is CCOc1ccc(-c2n[nH]c3c2CNC3)cc1. The van der Waals surface area contributed by atoms with Gasteiger partial charge in [-0.3, -0.25) is 5.10 Å². The highest BCUT2D eigenvalue weighted by molar-refractivity contribution is 5.65. The molecule has 0 bridgehead atoms. The van der Waals surface area contributed by atoms with Crippen LogP contribution in [-0.2, 0) is 13.1 Å². The lowest BCUT2D eigenvalue weighted by Crippen LogP contribution is -2.02. The molecule has 0 aliphatic carbocycles. The Morgan fingerprint density at radius 3 is 2.82 bits per heavy atom. The van der Waals surface area contributed by atoms with Crippen LogP contribution in [0.25, 0.3) is 11.3 Å². The van der Waals surface area contributed by atoms with E-state index in [4.69, 9.17) is 4.74 Å². The number of rotatable bonds is 3. The van der Waals surface area contributed by atoms with E-state index in [0.717, 1.165) is 30.1 Å². The van der Waals surface area contributed by atoms with Crippen molar-refractivity contribution in [2.45, 2.75) is 20.0 Å². The fraction of sp³-hybridized carbons (Fsp3) is 0.308. The van der Waals surface area contributed by atoms with Crippen LogP contribution in [0.1, 0.15) is 18.2 Å². The first-order valence-electron chi connectivity index (χ1n) is 5.88. The normalized spacial score (nSPS) is 13.7. The van der Waals surface area contributed by atoms with Crippen LogP contribution in [0.3, 0.4) is 0 Å². The molecule has 0 fully saturated rings. The van der Waals surface area contributed by atoms with Crippen LogP contribution in [0.15, 0.2) is 24.3 Å². The van der Waals surface area contributed by atoms with E-state index < -0.39 is 0 Å². The first-order chi connectivity index (χ1) is 8.38. The monoisotopic (exact) mass is 229 g/mol. The Bertz CT molecular complexity index is 516. The summed E-state index contributed by atoms with van der Waals surface area (Å²) < 4.78 is 5.43. The second-order valence-electron chi connectivity index (χ2n) is 4.09. The van der Waals surface area contributed by atoms with E-state index in [1.54, 1.807) is 0 Å². The van der Waals surface area contributed by atoms with E-state index in [1.807, 2.05) is 19.1 Å². The van der Waals surface area contributed by atoms with Gasteiger partial charge in [0.25, 0.3) is 0 Å². The van der Waals surface area contributed by atoms with Crippen molar-refractivity contribution in [3.8, 4) is 17.0 Å². The first-order valence-corrected chi connectivity index (χ1v) is 5.88. The molecule has 88 valence electrons. The second kappa shape index (κ2) is 4.22. The zero-order valence-corrected chi connectivity index (χ0v) is 9.79. The Balaban J connectivity index is 1.93. The maximum Gasteiger partial charge on any atom is 0.119 e. The van der Waals surface area contributed by atoms with Gasteiger partial charge in [-0.25, -0.2) is 0 Å². The van der Waals surface area contributed by atoms with Crippen molar-refractivity contribution in [2.24, 2.45) is 0 Å². The number of benzene rings is 1. The van der Waals surface area contributed by atoms with Crippen LogP contribution in [0, 0.1) is 0 Å². The summed E-state index contributed by atoms with van der Waals surface area (Å²) >= 11 is 0. The maximum atomic E-state index is 5.43. The highest BCUT2D eigenvalue weighted by Crippen LogP contribution is 2.27. The molecule has 4 heteroatoms. The molecule has 2 N–H and O–H groups in total. The zero-order valence-electron chi connectivity index (χ0n) is 9.79. The first kappa shape index (κ1) is 10.4. The molecule has 0 saturated heterocycles. The number of aromatic amines is 1. The lowest BCUT2D eigenvalue weighted by Gasteiger charge is -2.04. The summed E-state index contributed by atoms with van der Waals surface area (Å²) in [6.07, 6.45) is 0. The standard InChI is InChI=1S/C13H15N3O/c1-2-17-10-5-3-9(4-6-10)13-11-7-14-8-12(11)15-16-13/h3-6,14H,2,7-8H2,1H3,(H,15,16). The Kier molecular flexibility index (Phi) is 2.57. The number of hydrogen-bond donors (Lipinski definition) is 2. The highest BCUT2D eigenvalue weighted by atomic mass is 16.5. The number of ether oxygens (including phenoxy) is 1. The summed E-state index contributed by atoms with van der Waals surface area (Å²) in [7, 11) is 0. The summed E-state index contributed by atoms with van der Waals surface area (Å²) in [4.78, 5) is 0. The molecule has 1 aromatic carbocycles. The zero-order chi connectivity index (χ0) is 11.7. The van der Waals surface area contributed by atoms with Crippen LogP contribution in [0.5, 0.6) is 5.75 Å². The van der Waals surface area contributed by atoms with Crippen LogP contribution < -0.4 is 10.1 Å². The molecule has 0 radical (unpaired) electrons. The number of hydrogen-bond acceptors (Lipinski definition) is 3. The minimum Gasteiger partial charge on any atom is -0.494 e. The molecule has 2 aromatic rings. The van der Waals surface area contributed by atoms with Gasteiger partial charge >= 0.3 is 0 Å². The van der Waals surface area contributed by atoms with Gasteiger partial charge in [-0.15, -0.1) is 0 Å². The third-order valence-corrected chi connectivity index (χ3v) is 3.00. The summed E-state index contributed by atoms with van der Waals surface area (Å²) in [5, 5.41) is 10.8. The third kappa shape index (κ3) is 1.80. The van der Waals surface area contributed by atoms with E-state index in [2.05, 4.69) is 27.6 Å². The fourth-order valence-electron chi connectivity index (χ4n) is 2.16. The Labute approximate surface area is 100 Å². The van der Waals surface area contributed by atoms with Gasteiger partial charge in [-0.2, -0.15) is 5.10 Å². The molecular formula is C13H15N3O. The molecule has 3 rings (SSSR count). The quantitative estimate of drug-likeness (QED) is 0.847. The molecule has 2 heterocycles. The van der Waals surface area contributed by atoms with Crippen LogP contribution >= 0.6 is 0 Å². The molecule has 1 aromatic heterocycles. The van der Waals surface area contributed by atoms with Gasteiger partial charge in [-0.05, 0) is 31.2 Å². The Morgan fingerprint density at radius 1 is 1.24 bits per heavy atom. The average molecular weight is 229 g/mol. The van der Waals surface area contributed by atoms with Gasteiger partial charge in [-0.1, -0.05) is 0 Å². The van der Waals surface area contributed by atoms with Crippen LogP contribution in [0.2, 0.25) is 0 Å². The maximum absolute atomic E-state index is 5.43. The molecule has 0 spiro atoms. The van der Waals surface area contributed by atoms with Crippen molar-refractivity contribution >= 4 is 0 Å². The summed E-state index contributed by atoms with van der Waals surface area (Å²) in [6.45, 7) is 4.47. The minimum atomic E-state index is 0.696. The van der Waals surface area contributed by atoms with Gasteiger partial charge in [0.15, 0.2) is 0 Å². The van der Waals surface area contributed by atoms with Gasteiger partial charge < -0.3 is 10.1 Å². The van der Waals surface area contributed by atoms with E-state index in [9.17, 15) is 0 Å². The van der Waals surface area contributed by atoms with Crippen LogP contribution in [0.4, 0.5) is 0 Å². The Hall–Kier alpha value is -1.81. The predicted molar refractivity (Wildman–Crippen MR) is 65.7 cm³/mol. The molecule has 1 aliphatic heterocycles. The van der Waals surface area contributed by atoms with Gasteiger partial charge in [0.05, 0.1) is 18.0 Å². The highest BCUT2D eigenvalue weighted by Gasteiger charge is 2.18. The summed E-state index contributed by atoms with van der Waals surface area (Å²) in [5.41, 5.74) is 4.67. The molecule has 0 unspecified atom stereocenters. The van der Waals surface area contributed by atoms with Crippen molar-refractivity contribution in [1.29, 1.82) is 0 Å². The number of aromatic nitrogens is 2. The Morgan fingerprint density at radius 2 is 2.06 bits per heavy atom. The lowest BCUT2D eigenvalue weighted by molar-refractivity contribution is 0.340. The molecule has 0 saturated carbocycles. The number of fused-ring (bicyclic) bond motifs is 1. The summed E-state index contributed by atoms with van der Waals surface area (Å²) in [5.74, 6) is 0.904. The molecule has 0 amide bonds. The van der Waals surface area contributed by atoms with Gasteiger partial charge in [0.1, 0.15) is 5.75 Å². The topological polar surface area (TPSA) is 49.9 Å². The van der Waals surface area contributed by atoms with Crippen molar-refractivity contribution in [3.05, 3.63) is 35.5 Å². The van der Waals surface area contributed by atoms with Gasteiger partial charge in [0, 0.05) is 24.2 Å². The second-order valence-corrected chi connectivity index (χ2v) is 4.09. The third-order valence-electron chi connectivity index (χ3n) is 3.00. The van der Waals surface area contributed by atoms with Crippen molar-refractivity contribution < 1.29 is 4.74 Å². The minimum absolute atomic E-state index is 0.696. The molecule has 17 heavy (non-hydrogen) atoms. The molecule has 4 nitrogen and oxygen atoms in total. The van der Waals surface area contributed by atoms with Gasteiger partial charge in [0.2, 0.25) is 0 Å². The van der Waals surface area contributed by atoms with Crippen molar-refractivity contribution in [3.63, 3.8) is 0 Å².